The fourth-order valence-corrected chi connectivity index (χ4v) is 2.14. The lowest BCUT2D eigenvalue weighted by Crippen LogP contribution is -2.28. The molecule has 0 N–H and O–H groups in total. The first kappa shape index (κ1) is 23.6. The van der Waals surface area contributed by atoms with Crippen molar-refractivity contribution in [2.45, 2.75) is 65.6 Å². The quantitative estimate of drug-likeness (QED) is 0.460. The molecule has 0 saturated heterocycles. The van der Waals surface area contributed by atoms with Crippen molar-refractivity contribution in [1.29, 1.82) is 0 Å². The van der Waals surface area contributed by atoms with Gasteiger partial charge in [0, 0.05) is 6.92 Å². The Bertz CT molecular complexity index is 507. The lowest BCUT2D eigenvalue weighted by molar-refractivity contribution is -0.146. The topological polar surface area (TPSA) is 63.2 Å². The van der Waals surface area contributed by atoms with E-state index in [1.165, 1.54) is 6.92 Å². The monoisotopic (exact) mass is 382 g/mol. The van der Waals surface area contributed by atoms with E-state index in [-0.39, 0.29) is 37.0 Å². The number of hydrogen-bond acceptors (Lipinski definition) is 6. The van der Waals surface area contributed by atoms with Gasteiger partial charge in [-0.2, -0.15) is 0 Å². The fraction of sp³-hybridized carbons (Fsp3) is 0.667. The van der Waals surface area contributed by atoms with Crippen molar-refractivity contribution in [3.63, 3.8) is 0 Å². The molecule has 0 fully saturated rings. The van der Waals surface area contributed by atoms with Gasteiger partial charge in [-0.1, -0.05) is 30.3 Å². The van der Waals surface area contributed by atoms with E-state index < -0.39 is 0 Å². The molecule has 4 unspecified atom stereocenters. The molecular weight excluding hydrogens is 348 g/mol. The molecule has 6 nitrogen and oxygen atoms in total. The Morgan fingerprint density at radius 1 is 0.741 bits per heavy atom. The maximum atomic E-state index is 10.8. The normalized spacial score (nSPS) is 15.7. The molecule has 154 valence electrons. The van der Waals surface area contributed by atoms with E-state index in [9.17, 15) is 4.79 Å². The highest BCUT2D eigenvalue weighted by Crippen LogP contribution is 2.05. The molecule has 0 radical (unpaired) electrons. The number of ether oxygens (including phenoxy) is 5. The second kappa shape index (κ2) is 13.7. The summed E-state index contributed by atoms with van der Waals surface area (Å²) in [4.78, 5) is 10.8. The highest BCUT2D eigenvalue weighted by atomic mass is 16.6. The number of benzene rings is 1. The predicted octanol–water partition coefficient (Wildman–Crippen LogP) is 3.37. The lowest BCUT2D eigenvalue weighted by atomic mass is 10.2. The summed E-state index contributed by atoms with van der Waals surface area (Å²) in [5, 5.41) is 0. The highest BCUT2D eigenvalue weighted by molar-refractivity contribution is 5.65. The summed E-state index contributed by atoms with van der Waals surface area (Å²) in [5.74, 6) is -0.303. The molecule has 0 spiro atoms. The smallest absolute Gasteiger partial charge is 0.302 e. The molecule has 0 saturated carbocycles. The summed E-state index contributed by atoms with van der Waals surface area (Å²) in [6.45, 7) is 11.4. The first-order valence-electron chi connectivity index (χ1n) is 9.50. The first-order chi connectivity index (χ1) is 12.9. The first-order valence-corrected chi connectivity index (χ1v) is 9.50. The Hall–Kier alpha value is -1.47. The zero-order valence-electron chi connectivity index (χ0n) is 17.2. The van der Waals surface area contributed by atoms with Gasteiger partial charge < -0.3 is 23.7 Å². The Kier molecular flexibility index (Phi) is 11.9. The van der Waals surface area contributed by atoms with E-state index in [1.807, 2.05) is 58.0 Å². The van der Waals surface area contributed by atoms with Gasteiger partial charge in [0.05, 0.1) is 50.8 Å². The van der Waals surface area contributed by atoms with Crippen LogP contribution in [0.2, 0.25) is 0 Å². The van der Waals surface area contributed by atoms with Gasteiger partial charge in [0.25, 0.3) is 0 Å². The van der Waals surface area contributed by atoms with Crippen LogP contribution < -0.4 is 0 Å². The van der Waals surface area contributed by atoms with E-state index in [0.717, 1.165) is 5.56 Å². The molecule has 0 aliphatic rings. The minimum atomic E-state index is -0.303. The fourth-order valence-electron chi connectivity index (χ4n) is 2.14. The van der Waals surface area contributed by atoms with Crippen molar-refractivity contribution in [1.82, 2.24) is 0 Å². The maximum Gasteiger partial charge on any atom is 0.302 e. The molecule has 1 aromatic carbocycles. The van der Waals surface area contributed by atoms with Crippen molar-refractivity contribution >= 4 is 5.97 Å². The van der Waals surface area contributed by atoms with Gasteiger partial charge in [-0.25, -0.2) is 0 Å². The van der Waals surface area contributed by atoms with Crippen LogP contribution >= 0.6 is 0 Å². The molecule has 4 atom stereocenters. The van der Waals surface area contributed by atoms with Crippen molar-refractivity contribution in [2.75, 3.05) is 26.4 Å². The van der Waals surface area contributed by atoms with Gasteiger partial charge >= 0.3 is 5.97 Å². The van der Waals surface area contributed by atoms with Gasteiger partial charge in [-0.15, -0.1) is 0 Å². The number of carbonyl (C=O) groups excluding carboxylic acids is 1. The summed E-state index contributed by atoms with van der Waals surface area (Å²) >= 11 is 0. The molecule has 0 aliphatic heterocycles. The van der Waals surface area contributed by atoms with Crippen molar-refractivity contribution < 1.29 is 28.5 Å². The third-order valence-corrected chi connectivity index (χ3v) is 3.74. The molecule has 0 aromatic heterocycles. The molecule has 0 amide bonds. The van der Waals surface area contributed by atoms with E-state index in [0.29, 0.717) is 26.4 Å². The summed E-state index contributed by atoms with van der Waals surface area (Å²) in [6, 6.07) is 10.1. The predicted molar refractivity (Wildman–Crippen MR) is 104 cm³/mol. The molecule has 27 heavy (non-hydrogen) atoms. The molecule has 1 rings (SSSR count). The SMILES string of the molecule is CC(=O)OCC(C)OCC(C)OCC(C)OCC(C)OCc1ccccc1. The average molecular weight is 382 g/mol. The maximum absolute atomic E-state index is 10.8. The van der Waals surface area contributed by atoms with Crippen molar-refractivity contribution in [3.05, 3.63) is 35.9 Å². The third-order valence-electron chi connectivity index (χ3n) is 3.74. The van der Waals surface area contributed by atoms with Gasteiger partial charge in [0.15, 0.2) is 0 Å². The molecule has 6 heteroatoms. The second-order valence-corrected chi connectivity index (χ2v) is 6.84. The minimum Gasteiger partial charge on any atom is -0.463 e. The Morgan fingerprint density at radius 2 is 1.19 bits per heavy atom. The zero-order valence-corrected chi connectivity index (χ0v) is 17.2. The zero-order chi connectivity index (χ0) is 20.1. The van der Waals surface area contributed by atoms with Crippen LogP contribution in [0, 0.1) is 0 Å². The average Bonchev–Trinajstić information content (AvgIpc) is 2.66. The van der Waals surface area contributed by atoms with E-state index >= 15 is 0 Å². The summed E-state index contributed by atoms with van der Waals surface area (Å²) in [7, 11) is 0. The van der Waals surface area contributed by atoms with Crippen LogP contribution in [-0.2, 0) is 35.1 Å². The minimum absolute atomic E-state index is 0.00976. The lowest BCUT2D eigenvalue weighted by Gasteiger charge is -2.21. The van der Waals surface area contributed by atoms with Crippen LogP contribution in [0.4, 0.5) is 0 Å². The standard InChI is InChI=1S/C21H34O6/c1-16(11-23-17(2)12-25-19(4)14-27-20(5)22)24-13-18(3)26-15-21-9-7-6-8-10-21/h6-10,16-19H,11-15H2,1-5H3. The Morgan fingerprint density at radius 3 is 1.67 bits per heavy atom. The van der Waals surface area contributed by atoms with Crippen LogP contribution in [0.1, 0.15) is 40.2 Å². The molecule has 0 bridgehead atoms. The summed E-state index contributed by atoms with van der Waals surface area (Å²) in [5.41, 5.74) is 1.15. The second-order valence-electron chi connectivity index (χ2n) is 6.84. The van der Waals surface area contributed by atoms with Crippen LogP contribution in [-0.4, -0.2) is 56.8 Å². The number of carbonyl (C=O) groups is 1. The molecule has 0 heterocycles. The van der Waals surface area contributed by atoms with Gasteiger partial charge in [0.1, 0.15) is 6.61 Å². The number of rotatable bonds is 14. The molecule has 0 aliphatic carbocycles. The number of esters is 1. The Balaban J connectivity index is 2.08. The van der Waals surface area contributed by atoms with Crippen molar-refractivity contribution in [3.8, 4) is 0 Å². The summed E-state index contributed by atoms with van der Waals surface area (Å²) < 4.78 is 27.8. The van der Waals surface area contributed by atoms with Crippen LogP contribution in [0.25, 0.3) is 0 Å². The van der Waals surface area contributed by atoms with Crippen LogP contribution in [0.5, 0.6) is 0 Å². The van der Waals surface area contributed by atoms with E-state index in [4.69, 9.17) is 23.7 Å². The van der Waals surface area contributed by atoms with Gasteiger partial charge in [-0.3, -0.25) is 4.79 Å². The third kappa shape index (κ3) is 12.5. The molecule has 1 aromatic rings. The number of hydrogen-bond donors (Lipinski definition) is 0. The Labute approximate surface area is 163 Å². The van der Waals surface area contributed by atoms with Gasteiger partial charge in [-0.05, 0) is 33.3 Å². The van der Waals surface area contributed by atoms with Crippen LogP contribution in [0.3, 0.4) is 0 Å². The summed E-state index contributed by atoms with van der Waals surface area (Å²) in [6.07, 6.45) is -0.247. The molecular formula is C21H34O6. The highest BCUT2D eigenvalue weighted by Gasteiger charge is 2.12. The van der Waals surface area contributed by atoms with Crippen molar-refractivity contribution in [2.24, 2.45) is 0 Å². The van der Waals surface area contributed by atoms with Crippen LogP contribution in [0.15, 0.2) is 30.3 Å². The van der Waals surface area contributed by atoms with Gasteiger partial charge in [0.2, 0.25) is 0 Å². The van der Waals surface area contributed by atoms with E-state index in [1.54, 1.807) is 0 Å². The van der Waals surface area contributed by atoms with E-state index in [2.05, 4.69) is 0 Å². The largest absolute Gasteiger partial charge is 0.463 e.